The van der Waals surface area contributed by atoms with Gasteiger partial charge in [-0.05, 0) is 17.5 Å². The van der Waals surface area contributed by atoms with Gasteiger partial charge in [0.2, 0.25) is 0 Å². The van der Waals surface area contributed by atoms with Crippen LogP contribution in [0.1, 0.15) is 4.88 Å². The Hall–Kier alpha value is 0.350. The van der Waals surface area contributed by atoms with Gasteiger partial charge in [-0.2, -0.15) is 0 Å². The van der Waals surface area contributed by atoms with Crippen molar-refractivity contribution in [3.8, 4) is 0 Å². The molecular weight excluding hydrogens is 289 g/mol. The zero-order valence-corrected chi connectivity index (χ0v) is 9.63. The van der Waals surface area contributed by atoms with Crippen LogP contribution in [0, 0.1) is 0 Å². The highest BCUT2D eigenvalue weighted by atomic mass is 127. The van der Waals surface area contributed by atoms with Crippen molar-refractivity contribution in [1.29, 1.82) is 0 Å². The number of fused-ring (bicyclic) bond motifs is 1. The Labute approximate surface area is 90.2 Å². The quantitative estimate of drug-likeness (QED) is 0.635. The highest BCUT2D eigenvalue weighted by molar-refractivity contribution is 7.26. The Morgan fingerprint density at radius 1 is 1.36 bits per heavy atom. The first-order valence-electron chi connectivity index (χ1n) is 3.15. The summed E-state index contributed by atoms with van der Waals surface area (Å²) in [5.74, 6) is 0. The number of hydrogen-bond acceptors (Lipinski definition) is 2. The summed E-state index contributed by atoms with van der Waals surface area (Å²) >= 11 is 3.66. The molecule has 2 aromatic heterocycles. The second-order valence-electron chi connectivity index (χ2n) is 2.11. The van der Waals surface area contributed by atoms with Crippen molar-refractivity contribution < 1.29 is 29.7 Å². The SMILES string of the molecule is [I-].[NH3+]Cc1cc2sccc2s1. The van der Waals surface area contributed by atoms with E-state index in [1.165, 1.54) is 14.3 Å². The second kappa shape index (κ2) is 3.84. The molecule has 4 heteroatoms. The average Bonchev–Trinajstić information content (AvgIpc) is 2.42. The molecule has 0 spiro atoms. The summed E-state index contributed by atoms with van der Waals surface area (Å²) in [4.78, 5) is 1.39. The van der Waals surface area contributed by atoms with Crippen LogP contribution in [0.15, 0.2) is 17.5 Å². The van der Waals surface area contributed by atoms with Crippen LogP contribution in [0.3, 0.4) is 0 Å². The van der Waals surface area contributed by atoms with Gasteiger partial charge in [-0.3, -0.25) is 0 Å². The van der Waals surface area contributed by atoms with Crippen molar-refractivity contribution in [3.63, 3.8) is 0 Å². The van der Waals surface area contributed by atoms with E-state index in [9.17, 15) is 0 Å². The number of quaternary nitrogens is 1. The van der Waals surface area contributed by atoms with E-state index in [0.29, 0.717) is 0 Å². The number of halogens is 1. The molecule has 2 rings (SSSR count). The Bertz CT molecular complexity index is 310. The van der Waals surface area contributed by atoms with E-state index in [1.54, 1.807) is 11.3 Å². The van der Waals surface area contributed by atoms with Gasteiger partial charge < -0.3 is 29.7 Å². The summed E-state index contributed by atoms with van der Waals surface area (Å²) in [6.07, 6.45) is 0. The molecule has 1 nitrogen and oxygen atoms in total. The highest BCUT2D eigenvalue weighted by Gasteiger charge is 2.00. The lowest BCUT2D eigenvalue weighted by molar-refractivity contribution is -0.385. The maximum absolute atomic E-state index is 3.85. The number of rotatable bonds is 1. The topological polar surface area (TPSA) is 27.6 Å². The Morgan fingerprint density at radius 3 is 2.82 bits per heavy atom. The molecule has 2 aromatic rings. The highest BCUT2D eigenvalue weighted by Crippen LogP contribution is 2.29. The minimum Gasteiger partial charge on any atom is -1.00 e. The van der Waals surface area contributed by atoms with Crippen molar-refractivity contribution in [1.82, 2.24) is 0 Å². The standard InChI is InChI=1S/C7H7NS2.HI/c8-4-5-3-7-6(10-5)1-2-9-7;/h1-3H,4,8H2;1H. The smallest absolute Gasteiger partial charge is 0.109 e. The molecule has 60 valence electrons. The first kappa shape index (κ1) is 9.44. The van der Waals surface area contributed by atoms with E-state index in [2.05, 4.69) is 23.2 Å². The van der Waals surface area contributed by atoms with E-state index in [-0.39, 0.29) is 24.0 Å². The molecular formula is C7H8INS2. The lowest BCUT2D eigenvalue weighted by atomic mass is 10.4. The van der Waals surface area contributed by atoms with Gasteiger partial charge in [-0.25, -0.2) is 0 Å². The zero-order chi connectivity index (χ0) is 6.97. The molecule has 0 saturated heterocycles. The van der Waals surface area contributed by atoms with Gasteiger partial charge in [-0.15, -0.1) is 22.7 Å². The van der Waals surface area contributed by atoms with E-state index in [1.807, 2.05) is 11.3 Å². The van der Waals surface area contributed by atoms with Crippen LogP contribution in [-0.2, 0) is 6.54 Å². The fourth-order valence-corrected chi connectivity index (χ4v) is 2.97. The molecule has 0 aliphatic rings. The van der Waals surface area contributed by atoms with Crippen LogP contribution in [0.5, 0.6) is 0 Å². The fraction of sp³-hybridized carbons (Fsp3) is 0.143. The molecule has 0 amide bonds. The summed E-state index contributed by atoms with van der Waals surface area (Å²) in [6, 6.07) is 4.40. The normalized spacial score (nSPS) is 9.91. The lowest BCUT2D eigenvalue weighted by Gasteiger charge is -1.77. The largest absolute Gasteiger partial charge is 1.00 e. The third-order valence-corrected chi connectivity index (χ3v) is 3.59. The summed E-state index contributed by atoms with van der Waals surface area (Å²) in [5, 5.41) is 2.13. The van der Waals surface area contributed by atoms with Gasteiger partial charge in [0, 0.05) is 9.40 Å². The molecule has 0 radical (unpaired) electrons. The molecule has 0 aliphatic heterocycles. The van der Waals surface area contributed by atoms with E-state index in [4.69, 9.17) is 0 Å². The molecule has 0 saturated carbocycles. The lowest BCUT2D eigenvalue weighted by Crippen LogP contribution is -3.00. The van der Waals surface area contributed by atoms with E-state index in [0.717, 1.165) is 6.54 Å². The van der Waals surface area contributed by atoms with Crippen molar-refractivity contribution >= 4 is 32.1 Å². The first-order valence-corrected chi connectivity index (χ1v) is 4.85. The molecule has 0 atom stereocenters. The number of hydrogen-bond donors (Lipinski definition) is 1. The minimum absolute atomic E-state index is 0. The molecule has 11 heavy (non-hydrogen) atoms. The monoisotopic (exact) mass is 297 g/mol. The summed E-state index contributed by atoms with van der Waals surface area (Å²) in [5.41, 5.74) is 3.85. The van der Waals surface area contributed by atoms with Gasteiger partial charge >= 0.3 is 0 Å². The summed E-state index contributed by atoms with van der Waals surface area (Å²) in [6.45, 7) is 0.923. The van der Waals surface area contributed by atoms with Crippen LogP contribution in [-0.4, -0.2) is 0 Å². The minimum atomic E-state index is 0. The Balaban J connectivity index is 0.000000605. The molecule has 0 aromatic carbocycles. The van der Waals surface area contributed by atoms with Gasteiger partial charge in [0.1, 0.15) is 6.54 Å². The maximum atomic E-state index is 3.85. The predicted octanol–water partition coefficient (Wildman–Crippen LogP) is -1.29. The third kappa shape index (κ3) is 1.74. The van der Waals surface area contributed by atoms with Gasteiger partial charge in [0.15, 0.2) is 0 Å². The van der Waals surface area contributed by atoms with Gasteiger partial charge in [-0.1, -0.05) is 0 Å². The average molecular weight is 297 g/mol. The van der Waals surface area contributed by atoms with Gasteiger partial charge in [0.05, 0.1) is 4.88 Å². The van der Waals surface area contributed by atoms with Crippen LogP contribution in [0.2, 0.25) is 0 Å². The van der Waals surface area contributed by atoms with E-state index >= 15 is 0 Å². The molecule has 3 N–H and O–H groups in total. The van der Waals surface area contributed by atoms with Crippen LogP contribution < -0.4 is 29.7 Å². The fourth-order valence-electron chi connectivity index (χ4n) is 0.939. The van der Waals surface area contributed by atoms with Crippen molar-refractivity contribution in [3.05, 3.63) is 22.4 Å². The van der Waals surface area contributed by atoms with Crippen LogP contribution >= 0.6 is 22.7 Å². The van der Waals surface area contributed by atoms with E-state index < -0.39 is 0 Å². The maximum Gasteiger partial charge on any atom is 0.109 e. The molecule has 2 heterocycles. The molecule has 0 unspecified atom stereocenters. The van der Waals surface area contributed by atoms with Crippen molar-refractivity contribution in [2.45, 2.75) is 6.54 Å². The van der Waals surface area contributed by atoms with Crippen LogP contribution in [0.4, 0.5) is 0 Å². The number of thiophene rings is 2. The summed E-state index contributed by atoms with van der Waals surface area (Å²) < 4.78 is 2.81. The van der Waals surface area contributed by atoms with Crippen LogP contribution in [0.25, 0.3) is 9.40 Å². The van der Waals surface area contributed by atoms with Crippen molar-refractivity contribution in [2.24, 2.45) is 0 Å². The predicted molar refractivity (Wildman–Crippen MR) is 46.3 cm³/mol. The zero-order valence-electron chi connectivity index (χ0n) is 5.84. The van der Waals surface area contributed by atoms with Gasteiger partial charge in [0.25, 0.3) is 0 Å². The second-order valence-corrected chi connectivity index (χ2v) is 4.23. The summed E-state index contributed by atoms with van der Waals surface area (Å²) in [7, 11) is 0. The Kier molecular flexibility index (Phi) is 3.29. The molecule has 0 aliphatic carbocycles. The molecule has 0 bridgehead atoms. The Morgan fingerprint density at radius 2 is 2.18 bits per heavy atom. The third-order valence-electron chi connectivity index (χ3n) is 1.44. The molecule has 0 fully saturated rings. The van der Waals surface area contributed by atoms with Crippen molar-refractivity contribution in [2.75, 3.05) is 0 Å². The first-order chi connectivity index (χ1) is 4.90.